The number of pyridine rings is 1. The molecule has 164 valence electrons. The van der Waals surface area contributed by atoms with E-state index in [9.17, 15) is 18.3 Å². The van der Waals surface area contributed by atoms with Crippen LogP contribution in [-0.2, 0) is 21.4 Å². The lowest BCUT2D eigenvalue weighted by Gasteiger charge is -2.28. The maximum atomic E-state index is 13.4. The number of aliphatic carboxylic acids is 1. The van der Waals surface area contributed by atoms with E-state index in [1.807, 2.05) is 19.0 Å². The molecule has 0 amide bonds. The number of carboxylic acid groups (broad SMARTS) is 1. The summed E-state index contributed by atoms with van der Waals surface area (Å²) in [4.78, 5) is 18.1. The van der Waals surface area contributed by atoms with Crippen LogP contribution in [-0.4, -0.2) is 67.5 Å². The Morgan fingerprint density at radius 2 is 1.87 bits per heavy atom. The fraction of sp³-hybridized carbons (Fsp3) is 0.429. The number of benzene rings is 1. The lowest BCUT2D eigenvalue weighted by atomic mass is 10.1. The van der Waals surface area contributed by atoms with Gasteiger partial charge in [0.2, 0.25) is 10.0 Å². The molecule has 2 rings (SSSR count). The van der Waals surface area contributed by atoms with Crippen molar-refractivity contribution in [3.63, 3.8) is 0 Å². The number of nitrogens with zero attached hydrogens (tertiary/aromatic N) is 3. The second kappa shape index (κ2) is 11.1. The van der Waals surface area contributed by atoms with E-state index in [2.05, 4.69) is 4.98 Å². The van der Waals surface area contributed by atoms with Crippen LogP contribution in [0.1, 0.15) is 24.8 Å². The summed E-state index contributed by atoms with van der Waals surface area (Å²) in [5, 5.41) is 9.87. The Labute approximate surface area is 178 Å². The first-order chi connectivity index (χ1) is 14.3. The standard InChI is InChI=1S/C21H29N3O5S/c1-23(2)14-5-4-8-20(21(25)26)24(16-17-7-6-13-22-15-17)30(27,28)19-11-9-18(29-3)10-12-19/h6-7,9-13,15,20H,4-5,8,14,16H2,1-3H3,(H,25,26)/t20-/m1/s1. The van der Waals surface area contributed by atoms with Crippen LogP contribution < -0.4 is 4.74 Å². The molecule has 9 heteroatoms. The number of rotatable bonds is 12. The van der Waals surface area contributed by atoms with Crippen LogP contribution in [0.3, 0.4) is 0 Å². The van der Waals surface area contributed by atoms with Gasteiger partial charge in [-0.25, -0.2) is 8.42 Å². The number of ether oxygens (including phenoxy) is 1. The number of carbonyl (C=O) groups is 1. The number of sulfonamides is 1. The minimum Gasteiger partial charge on any atom is -0.497 e. The first-order valence-electron chi connectivity index (χ1n) is 9.68. The zero-order valence-corrected chi connectivity index (χ0v) is 18.4. The highest BCUT2D eigenvalue weighted by Crippen LogP contribution is 2.25. The van der Waals surface area contributed by atoms with E-state index in [1.54, 1.807) is 36.7 Å². The van der Waals surface area contributed by atoms with E-state index in [4.69, 9.17) is 4.74 Å². The second-order valence-corrected chi connectivity index (χ2v) is 9.13. The van der Waals surface area contributed by atoms with Gasteiger partial charge in [-0.05, 0) is 75.8 Å². The fourth-order valence-corrected chi connectivity index (χ4v) is 4.67. The average molecular weight is 436 g/mol. The third kappa shape index (κ3) is 6.51. The monoisotopic (exact) mass is 435 g/mol. The molecule has 30 heavy (non-hydrogen) atoms. The summed E-state index contributed by atoms with van der Waals surface area (Å²) in [6.07, 6.45) is 4.72. The predicted octanol–water partition coefficient (Wildman–Crippen LogP) is 2.47. The molecule has 2 aromatic rings. The summed E-state index contributed by atoms with van der Waals surface area (Å²) in [6.45, 7) is 0.729. The van der Waals surface area contributed by atoms with Crippen molar-refractivity contribution in [3.05, 3.63) is 54.4 Å². The van der Waals surface area contributed by atoms with Gasteiger partial charge >= 0.3 is 5.97 Å². The average Bonchev–Trinajstić information content (AvgIpc) is 2.72. The van der Waals surface area contributed by atoms with Gasteiger partial charge in [-0.1, -0.05) is 6.07 Å². The van der Waals surface area contributed by atoms with Crippen LogP contribution in [0.2, 0.25) is 0 Å². The molecule has 1 aromatic heterocycles. The second-order valence-electron chi connectivity index (χ2n) is 7.24. The first kappa shape index (κ1) is 23.8. The summed E-state index contributed by atoms with van der Waals surface area (Å²) in [6, 6.07) is 8.18. The largest absolute Gasteiger partial charge is 0.497 e. The Balaban J connectivity index is 2.36. The number of methoxy groups -OCH3 is 1. The molecule has 1 heterocycles. The summed E-state index contributed by atoms with van der Waals surface area (Å²) < 4.78 is 33.0. The van der Waals surface area contributed by atoms with Crippen molar-refractivity contribution in [2.45, 2.75) is 36.7 Å². The van der Waals surface area contributed by atoms with Crippen molar-refractivity contribution in [2.75, 3.05) is 27.7 Å². The van der Waals surface area contributed by atoms with Gasteiger partial charge in [0.05, 0.1) is 12.0 Å². The van der Waals surface area contributed by atoms with E-state index < -0.39 is 22.0 Å². The van der Waals surface area contributed by atoms with Crippen molar-refractivity contribution in [1.29, 1.82) is 0 Å². The van der Waals surface area contributed by atoms with Gasteiger partial charge in [-0.15, -0.1) is 0 Å². The molecule has 0 aliphatic rings. The van der Waals surface area contributed by atoms with Crippen LogP contribution in [0.25, 0.3) is 0 Å². The Morgan fingerprint density at radius 3 is 2.40 bits per heavy atom. The van der Waals surface area contributed by atoms with E-state index in [-0.39, 0.29) is 17.9 Å². The summed E-state index contributed by atoms with van der Waals surface area (Å²) in [7, 11) is 1.31. The Kier molecular flexibility index (Phi) is 8.76. The maximum Gasteiger partial charge on any atom is 0.322 e. The quantitative estimate of drug-likeness (QED) is 0.511. The number of hydrogen-bond acceptors (Lipinski definition) is 6. The third-order valence-electron chi connectivity index (χ3n) is 4.69. The number of unbranched alkanes of at least 4 members (excludes halogenated alkanes) is 1. The lowest BCUT2D eigenvalue weighted by Crippen LogP contribution is -2.44. The van der Waals surface area contributed by atoms with Crippen molar-refractivity contribution in [1.82, 2.24) is 14.2 Å². The fourth-order valence-electron chi connectivity index (χ4n) is 3.07. The molecule has 1 aromatic carbocycles. The van der Waals surface area contributed by atoms with Crippen molar-refractivity contribution in [2.24, 2.45) is 0 Å². The lowest BCUT2D eigenvalue weighted by molar-refractivity contribution is -0.141. The number of hydrogen-bond donors (Lipinski definition) is 1. The van der Waals surface area contributed by atoms with Crippen LogP contribution in [0.15, 0.2) is 53.7 Å². The Hall–Kier alpha value is -2.49. The van der Waals surface area contributed by atoms with E-state index in [0.717, 1.165) is 17.3 Å². The van der Waals surface area contributed by atoms with Gasteiger partial charge < -0.3 is 14.7 Å². The van der Waals surface area contributed by atoms with E-state index >= 15 is 0 Å². The Bertz CT molecular complexity index is 902. The van der Waals surface area contributed by atoms with Gasteiger partial charge in [-0.3, -0.25) is 9.78 Å². The molecule has 0 bridgehead atoms. The molecule has 0 saturated heterocycles. The SMILES string of the molecule is COc1ccc(S(=O)(=O)N(Cc2cccnc2)[C@H](CCCCN(C)C)C(=O)O)cc1. The molecule has 8 nitrogen and oxygen atoms in total. The molecule has 0 aliphatic carbocycles. The normalized spacial score (nSPS) is 12.8. The molecule has 0 saturated carbocycles. The zero-order chi connectivity index (χ0) is 22.1. The minimum atomic E-state index is -4.06. The molecular weight excluding hydrogens is 406 g/mol. The van der Waals surface area contributed by atoms with Gasteiger partial charge in [-0.2, -0.15) is 4.31 Å². The van der Waals surface area contributed by atoms with E-state index in [0.29, 0.717) is 17.7 Å². The van der Waals surface area contributed by atoms with Crippen molar-refractivity contribution >= 4 is 16.0 Å². The summed E-state index contributed by atoms with van der Waals surface area (Å²) >= 11 is 0. The number of carboxylic acids is 1. The van der Waals surface area contributed by atoms with Crippen LogP contribution >= 0.6 is 0 Å². The molecule has 1 N–H and O–H groups in total. The highest BCUT2D eigenvalue weighted by atomic mass is 32.2. The third-order valence-corrected chi connectivity index (χ3v) is 6.56. The first-order valence-corrected chi connectivity index (χ1v) is 11.1. The highest BCUT2D eigenvalue weighted by molar-refractivity contribution is 7.89. The Morgan fingerprint density at radius 1 is 1.17 bits per heavy atom. The van der Waals surface area contributed by atoms with E-state index in [1.165, 1.54) is 19.2 Å². The molecule has 0 unspecified atom stereocenters. The molecule has 1 atom stereocenters. The van der Waals surface area contributed by atoms with Gasteiger partial charge in [0.25, 0.3) is 0 Å². The van der Waals surface area contributed by atoms with Crippen molar-refractivity contribution < 1.29 is 23.1 Å². The zero-order valence-electron chi connectivity index (χ0n) is 17.6. The van der Waals surface area contributed by atoms with Crippen LogP contribution in [0.5, 0.6) is 5.75 Å². The minimum absolute atomic E-state index is 0.0201. The predicted molar refractivity (Wildman–Crippen MR) is 114 cm³/mol. The van der Waals surface area contributed by atoms with Crippen LogP contribution in [0.4, 0.5) is 0 Å². The maximum absolute atomic E-state index is 13.4. The molecule has 0 radical (unpaired) electrons. The molecule has 0 spiro atoms. The highest BCUT2D eigenvalue weighted by Gasteiger charge is 2.35. The smallest absolute Gasteiger partial charge is 0.322 e. The summed E-state index contributed by atoms with van der Waals surface area (Å²) in [5.41, 5.74) is 0.620. The number of aromatic nitrogens is 1. The van der Waals surface area contributed by atoms with Gasteiger partial charge in [0.1, 0.15) is 11.8 Å². The van der Waals surface area contributed by atoms with Gasteiger partial charge in [0, 0.05) is 18.9 Å². The summed E-state index contributed by atoms with van der Waals surface area (Å²) in [5.74, 6) is -0.646. The van der Waals surface area contributed by atoms with Crippen LogP contribution in [0, 0.1) is 0 Å². The molecule has 0 fully saturated rings. The molecule has 0 aliphatic heterocycles. The molecular formula is C21H29N3O5S. The topological polar surface area (TPSA) is 100 Å². The van der Waals surface area contributed by atoms with Crippen molar-refractivity contribution in [3.8, 4) is 5.75 Å². The van der Waals surface area contributed by atoms with Gasteiger partial charge in [0.15, 0.2) is 0 Å².